The van der Waals surface area contributed by atoms with E-state index in [0.29, 0.717) is 21.9 Å². The van der Waals surface area contributed by atoms with E-state index in [2.05, 4.69) is 130 Å². The van der Waals surface area contributed by atoms with E-state index in [-0.39, 0.29) is 5.43 Å². The molecular weight excluding hydrogens is 649 g/mol. The zero-order valence-corrected chi connectivity index (χ0v) is 28.5. The van der Waals surface area contributed by atoms with Gasteiger partial charge in [-0.25, -0.2) is 0 Å². The molecule has 0 aliphatic heterocycles. The van der Waals surface area contributed by atoms with E-state index in [9.17, 15) is 4.79 Å². The van der Waals surface area contributed by atoms with E-state index >= 15 is 0 Å². The van der Waals surface area contributed by atoms with Crippen LogP contribution in [0.1, 0.15) is 0 Å². The summed E-state index contributed by atoms with van der Waals surface area (Å²) >= 11 is 0. The first kappa shape index (κ1) is 29.5. The van der Waals surface area contributed by atoms with Crippen LogP contribution in [0.3, 0.4) is 0 Å². The van der Waals surface area contributed by atoms with Gasteiger partial charge < -0.3 is 13.6 Å². The fourth-order valence-corrected chi connectivity index (χ4v) is 8.37. The first-order valence-corrected chi connectivity index (χ1v) is 17.9. The number of fused-ring (bicyclic) bond motifs is 9. The van der Waals surface area contributed by atoms with Crippen LogP contribution in [0.4, 0.5) is 0 Å². The third kappa shape index (κ3) is 4.39. The molecule has 4 heteroatoms. The summed E-state index contributed by atoms with van der Waals surface area (Å²) in [5.41, 5.74) is 11.7. The van der Waals surface area contributed by atoms with Crippen LogP contribution in [0.5, 0.6) is 0 Å². The highest BCUT2D eigenvalue weighted by Crippen LogP contribution is 2.42. The highest BCUT2D eigenvalue weighted by molar-refractivity contribution is 6.26. The van der Waals surface area contributed by atoms with Gasteiger partial charge in [-0.05, 0) is 76.9 Å². The number of benzene rings is 8. The normalized spacial score (nSPS) is 11.8. The minimum absolute atomic E-state index is 0.0415. The van der Waals surface area contributed by atoms with Gasteiger partial charge in [-0.2, -0.15) is 0 Å². The predicted molar refractivity (Wildman–Crippen MR) is 220 cm³/mol. The Hall–Kier alpha value is -7.17. The van der Waals surface area contributed by atoms with Crippen molar-refractivity contribution in [2.45, 2.75) is 0 Å². The van der Waals surface area contributed by atoms with Gasteiger partial charge in [0.15, 0.2) is 0 Å². The average Bonchev–Trinajstić information content (AvgIpc) is 3.74. The largest absolute Gasteiger partial charge is 0.456 e. The van der Waals surface area contributed by atoms with Gasteiger partial charge in [0.05, 0.1) is 32.8 Å². The Labute approximate surface area is 304 Å². The maximum atomic E-state index is 14.3. The Morgan fingerprint density at radius 1 is 0.377 bits per heavy atom. The lowest BCUT2D eigenvalue weighted by atomic mass is 9.93. The quantitative estimate of drug-likeness (QED) is 0.174. The molecular formula is C49H30N2O2. The molecule has 0 amide bonds. The fraction of sp³-hybridized carbons (Fsp3) is 0. The first-order chi connectivity index (χ1) is 26.2. The molecule has 8 aromatic carbocycles. The summed E-state index contributed by atoms with van der Waals surface area (Å²) in [7, 11) is 0. The molecule has 0 fully saturated rings. The van der Waals surface area contributed by atoms with Crippen molar-refractivity contribution < 1.29 is 4.42 Å². The number of rotatable bonds is 4. The number of hydrogen-bond acceptors (Lipinski definition) is 2. The Morgan fingerprint density at radius 3 is 1.66 bits per heavy atom. The Bertz CT molecular complexity index is 3280. The molecule has 0 aliphatic rings. The van der Waals surface area contributed by atoms with Crippen LogP contribution >= 0.6 is 0 Å². The zero-order valence-electron chi connectivity index (χ0n) is 28.5. The van der Waals surface area contributed by atoms with Crippen molar-refractivity contribution in [1.29, 1.82) is 0 Å². The van der Waals surface area contributed by atoms with E-state index in [0.717, 1.165) is 55.7 Å². The lowest BCUT2D eigenvalue weighted by Gasteiger charge is -2.13. The molecule has 11 aromatic rings. The van der Waals surface area contributed by atoms with E-state index in [1.54, 1.807) is 0 Å². The molecule has 4 nitrogen and oxygen atoms in total. The number of para-hydroxylation sites is 3. The lowest BCUT2D eigenvalue weighted by Crippen LogP contribution is -2.04. The van der Waals surface area contributed by atoms with Gasteiger partial charge in [0.25, 0.3) is 0 Å². The highest BCUT2D eigenvalue weighted by Gasteiger charge is 2.22. The van der Waals surface area contributed by atoms with Crippen molar-refractivity contribution in [3.8, 4) is 33.6 Å². The van der Waals surface area contributed by atoms with Gasteiger partial charge in [0.2, 0.25) is 5.43 Å². The summed E-state index contributed by atoms with van der Waals surface area (Å²) in [5.74, 6) is 0. The van der Waals surface area contributed by atoms with Crippen LogP contribution in [0.15, 0.2) is 191 Å². The van der Waals surface area contributed by atoms with Crippen LogP contribution in [-0.2, 0) is 0 Å². The zero-order chi connectivity index (χ0) is 35.0. The first-order valence-electron chi connectivity index (χ1n) is 17.9. The molecule has 11 rings (SSSR count). The van der Waals surface area contributed by atoms with E-state index in [4.69, 9.17) is 4.42 Å². The minimum Gasteiger partial charge on any atom is -0.456 e. The smallest absolute Gasteiger partial charge is 0.200 e. The minimum atomic E-state index is -0.0415. The van der Waals surface area contributed by atoms with E-state index in [1.807, 2.05) is 60.7 Å². The van der Waals surface area contributed by atoms with Crippen molar-refractivity contribution in [2.24, 2.45) is 0 Å². The summed E-state index contributed by atoms with van der Waals surface area (Å²) in [5, 5.41) is 5.82. The molecule has 0 N–H and O–H groups in total. The molecule has 3 aromatic heterocycles. The van der Waals surface area contributed by atoms with Gasteiger partial charge in [0.1, 0.15) is 11.2 Å². The van der Waals surface area contributed by atoms with Gasteiger partial charge in [-0.1, -0.05) is 121 Å². The Kier molecular flexibility index (Phi) is 6.37. The SMILES string of the molecule is O=c1c2ccc(-n3c4ccccc4c4ccc5c(c6ccccc6n5-c5ccccc5)c43)cc2oc2cc(-c3ccccc3)c(-c3ccccc3)cc12. The molecule has 53 heavy (non-hydrogen) atoms. The standard InChI is InChI=1S/C49H30N2O2/c52-49-38-25-24-34(28-45(38)53-46-30-40(32-16-6-2-7-17-32)39(29-41(46)49)31-14-4-1-5-15-31)51-42-22-12-10-20-35(42)36-26-27-44-47(48(36)51)37-21-11-13-23-43(37)50(44)33-18-8-3-9-19-33/h1-30H. The van der Waals surface area contributed by atoms with Gasteiger partial charge >= 0.3 is 0 Å². The maximum absolute atomic E-state index is 14.3. The average molecular weight is 679 g/mol. The molecule has 0 atom stereocenters. The number of nitrogens with zero attached hydrogens (tertiary/aromatic N) is 2. The summed E-state index contributed by atoms with van der Waals surface area (Å²) < 4.78 is 11.4. The third-order valence-electron chi connectivity index (χ3n) is 10.7. The van der Waals surface area contributed by atoms with Crippen LogP contribution in [0.25, 0.3) is 99.2 Å². The molecule has 0 radical (unpaired) electrons. The molecule has 248 valence electrons. The second kappa shape index (κ2) is 11.4. The van der Waals surface area contributed by atoms with Crippen LogP contribution in [-0.4, -0.2) is 9.13 Å². The molecule has 0 saturated heterocycles. The fourth-order valence-electron chi connectivity index (χ4n) is 8.37. The third-order valence-corrected chi connectivity index (χ3v) is 10.7. The van der Waals surface area contributed by atoms with E-state index in [1.165, 1.54) is 21.5 Å². The topological polar surface area (TPSA) is 40.1 Å². The summed E-state index contributed by atoms with van der Waals surface area (Å²) in [6.45, 7) is 0. The molecule has 0 spiro atoms. The van der Waals surface area contributed by atoms with Gasteiger partial charge in [-0.15, -0.1) is 0 Å². The van der Waals surface area contributed by atoms with Crippen LogP contribution in [0.2, 0.25) is 0 Å². The van der Waals surface area contributed by atoms with Crippen molar-refractivity contribution in [2.75, 3.05) is 0 Å². The molecule has 0 aliphatic carbocycles. The lowest BCUT2D eigenvalue weighted by molar-refractivity contribution is 0.660. The summed E-state index contributed by atoms with van der Waals surface area (Å²) in [6.07, 6.45) is 0. The van der Waals surface area contributed by atoms with Crippen LogP contribution < -0.4 is 5.43 Å². The summed E-state index contributed by atoms with van der Waals surface area (Å²) in [4.78, 5) is 14.3. The predicted octanol–water partition coefficient (Wildman–Crippen LogP) is 12.5. The highest BCUT2D eigenvalue weighted by atomic mass is 16.3. The Balaban J connectivity index is 1.21. The molecule has 0 unspecified atom stereocenters. The van der Waals surface area contributed by atoms with Crippen molar-refractivity contribution in [3.05, 3.63) is 192 Å². The second-order valence-corrected chi connectivity index (χ2v) is 13.6. The van der Waals surface area contributed by atoms with Gasteiger partial charge in [0, 0.05) is 39.0 Å². The molecule has 0 saturated carbocycles. The van der Waals surface area contributed by atoms with Crippen molar-refractivity contribution >= 4 is 65.6 Å². The number of hydrogen-bond donors (Lipinski definition) is 0. The van der Waals surface area contributed by atoms with E-state index < -0.39 is 0 Å². The molecule has 3 heterocycles. The molecule has 0 bridgehead atoms. The van der Waals surface area contributed by atoms with Gasteiger partial charge in [-0.3, -0.25) is 4.79 Å². The number of aromatic nitrogens is 2. The van der Waals surface area contributed by atoms with Crippen molar-refractivity contribution in [3.63, 3.8) is 0 Å². The monoisotopic (exact) mass is 678 g/mol. The Morgan fingerprint density at radius 2 is 0.943 bits per heavy atom. The summed E-state index contributed by atoms with van der Waals surface area (Å²) in [6, 6.07) is 62.8. The van der Waals surface area contributed by atoms with Crippen LogP contribution in [0, 0.1) is 0 Å². The van der Waals surface area contributed by atoms with Crippen molar-refractivity contribution in [1.82, 2.24) is 9.13 Å². The second-order valence-electron chi connectivity index (χ2n) is 13.6. The maximum Gasteiger partial charge on any atom is 0.200 e.